The fraction of sp³-hybridized carbons (Fsp3) is 0. The molecular weight excluding hydrogens is 577 g/mol. The number of rotatable bonds is 2. The van der Waals surface area contributed by atoms with Gasteiger partial charge in [0.15, 0.2) is 0 Å². The maximum atomic E-state index is 2.48. The monoisotopic (exact) mass is 602 g/mol. The normalized spacial score (nSPS) is 12.6. The van der Waals surface area contributed by atoms with E-state index in [4.69, 9.17) is 0 Å². The van der Waals surface area contributed by atoms with Crippen molar-refractivity contribution < 1.29 is 0 Å². The lowest BCUT2D eigenvalue weighted by molar-refractivity contribution is 1.69. The van der Waals surface area contributed by atoms with Crippen LogP contribution in [0.4, 0.5) is 0 Å². The first-order valence-corrected chi connectivity index (χ1v) is 16.8. The minimum Gasteiger partial charge on any atom is -0.0610 e. The lowest BCUT2D eigenvalue weighted by Gasteiger charge is -2.22. The van der Waals surface area contributed by atoms with Crippen LogP contribution >= 0.6 is 0 Å². The smallest absolute Gasteiger partial charge is 0.00197 e. The highest BCUT2D eigenvalue weighted by Gasteiger charge is 2.22. The summed E-state index contributed by atoms with van der Waals surface area (Å²) in [7, 11) is 0. The molecule has 48 heavy (non-hydrogen) atoms. The third-order valence-electron chi connectivity index (χ3n) is 11.3. The van der Waals surface area contributed by atoms with E-state index in [1.54, 1.807) is 0 Å². The maximum Gasteiger partial charge on any atom is -0.00197 e. The van der Waals surface area contributed by atoms with Crippen LogP contribution in [-0.4, -0.2) is 0 Å². The fourth-order valence-corrected chi connectivity index (χ4v) is 9.24. The molecule has 0 heterocycles. The molecule has 0 N–H and O–H groups in total. The summed E-state index contributed by atoms with van der Waals surface area (Å²) in [5.41, 5.74) is 5.17. The van der Waals surface area contributed by atoms with E-state index in [1.807, 2.05) is 0 Å². The average molecular weight is 603 g/mol. The summed E-state index contributed by atoms with van der Waals surface area (Å²) < 4.78 is 0. The predicted octanol–water partition coefficient (Wildman–Crippen LogP) is 13.7. The van der Waals surface area contributed by atoms with Crippen LogP contribution in [0.1, 0.15) is 0 Å². The number of hydrogen-bond acceptors (Lipinski definition) is 0. The Balaban J connectivity index is 1.30. The molecule has 0 nitrogen and oxygen atoms in total. The predicted molar refractivity (Wildman–Crippen MR) is 208 cm³/mol. The molecule has 0 aliphatic carbocycles. The van der Waals surface area contributed by atoms with E-state index in [9.17, 15) is 0 Å². The molecule has 0 atom stereocenters. The van der Waals surface area contributed by atoms with Gasteiger partial charge >= 0.3 is 0 Å². The largest absolute Gasteiger partial charge is 0.0610 e. The van der Waals surface area contributed by atoms with Crippen LogP contribution in [-0.2, 0) is 0 Å². The van der Waals surface area contributed by atoms with Gasteiger partial charge in [-0.25, -0.2) is 0 Å². The zero-order chi connectivity index (χ0) is 31.1. The molecule has 0 saturated heterocycles. The van der Waals surface area contributed by atoms with Crippen molar-refractivity contribution in [1.29, 1.82) is 0 Å². The SMILES string of the molecule is c1cc2ccc3ccc(-c4cc5ccc6cccc7ccc(c4-c4ccc8ccc9cccc%10ccc4c8c9%10)c5c67)c4ccc(c1)c2c34. The zero-order valence-corrected chi connectivity index (χ0v) is 26.0. The van der Waals surface area contributed by atoms with Crippen LogP contribution in [0.2, 0.25) is 0 Å². The molecule has 0 radical (unpaired) electrons. The van der Waals surface area contributed by atoms with Gasteiger partial charge in [-0.05, 0) is 125 Å². The minimum atomic E-state index is 1.28. The van der Waals surface area contributed by atoms with Gasteiger partial charge in [-0.15, -0.1) is 0 Å². The summed E-state index contributed by atoms with van der Waals surface area (Å²) in [6.07, 6.45) is 0. The van der Waals surface area contributed by atoms with E-state index in [1.165, 1.54) is 119 Å². The van der Waals surface area contributed by atoms with Crippen LogP contribution in [0, 0.1) is 0 Å². The molecule has 0 aliphatic heterocycles. The van der Waals surface area contributed by atoms with Gasteiger partial charge in [0, 0.05) is 0 Å². The summed E-state index contributed by atoms with van der Waals surface area (Å²) in [4.78, 5) is 0. The zero-order valence-electron chi connectivity index (χ0n) is 26.0. The fourth-order valence-electron chi connectivity index (χ4n) is 9.24. The van der Waals surface area contributed by atoms with Gasteiger partial charge in [0.05, 0.1) is 0 Å². The Morgan fingerprint density at radius 2 is 0.542 bits per heavy atom. The van der Waals surface area contributed by atoms with Crippen molar-refractivity contribution in [2.24, 2.45) is 0 Å². The van der Waals surface area contributed by atoms with Crippen molar-refractivity contribution >= 4 is 97.0 Å². The third kappa shape index (κ3) is 3.06. The molecule has 12 aromatic carbocycles. The van der Waals surface area contributed by atoms with E-state index in [0.717, 1.165) is 0 Å². The van der Waals surface area contributed by atoms with Crippen molar-refractivity contribution in [1.82, 2.24) is 0 Å². The quantitative estimate of drug-likeness (QED) is 0.173. The van der Waals surface area contributed by atoms with Gasteiger partial charge < -0.3 is 0 Å². The number of hydrogen-bond donors (Lipinski definition) is 0. The highest BCUT2D eigenvalue weighted by Crippen LogP contribution is 2.50. The van der Waals surface area contributed by atoms with Crippen LogP contribution in [0.3, 0.4) is 0 Å². The van der Waals surface area contributed by atoms with Gasteiger partial charge in [-0.2, -0.15) is 0 Å². The van der Waals surface area contributed by atoms with Crippen LogP contribution in [0.15, 0.2) is 158 Å². The Morgan fingerprint density at radius 1 is 0.208 bits per heavy atom. The molecule has 12 rings (SSSR count). The molecule has 0 fully saturated rings. The molecule has 218 valence electrons. The minimum absolute atomic E-state index is 1.28. The second-order valence-corrected chi connectivity index (χ2v) is 13.6. The Bertz CT molecular complexity index is 3220. The molecule has 0 bridgehead atoms. The Morgan fingerprint density at radius 3 is 1.04 bits per heavy atom. The Hall–Kier alpha value is -6.24. The lowest BCUT2D eigenvalue weighted by atomic mass is 9.81. The summed E-state index contributed by atoms with van der Waals surface area (Å²) in [6.45, 7) is 0. The second kappa shape index (κ2) is 8.76. The average Bonchev–Trinajstić information content (AvgIpc) is 3.15. The topological polar surface area (TPSA) is 0 Å². The van der Waals surface area contributed by atoms with Crippen molar-refractivity contribution in [2.45, 2.75) is 0 Å². The van der Waals surface area contributed by atoms with Gasteiger partial charge in [0.2, 0.25) is 0 Å². The van der Waals surface area contributed by atoms with Gasteiger partial charge in [0.25, 0.3) is 0 Å². The van der Waals surface area contributed by atoms with E-state index in [-0.39, 0.29) is 0 Å². The summed E-state index contributed by atoms with van der Waals surface area (Å²) >= 11 is 0. The molecule has 0 aliphatic rings. The van der Waals surface area contributed by atoms with E-state index in [2.05, 4.69) is 158 Å². The summed E-state index contributed by atoms with van der Waals surface area (Å²) in [5, 5.41) is 23.7. The van der Waals surface area contributed by atoms with Crippen LogP contribution in [0.5, 0.6) is 0 Å². The van der Waals surface area contributed by atoms with E-state index >= 15 is 0 Å². The molecular formula is C48H26. The molecule has 0 spiro atoms. The highest BCUT2D eigenvalue weighted by molar-refractivity contribution is 6.32. The van der Waals surface area contributed by atoms with Crippen molar-refractivity contribution in [3.63, 3.8) is 0 Å². The molecule has 0 saturated carbocycles. The van der Waals surface area contributed by atoms with Gasteiger partial charge in [0.1, 0.15) is 0 Å². The molecule has 0 heteroatoms. The second-order valence-electron chi connectivity index (χ2n) is 13.6. The van der Waals surface area contributed by atoms with Crippen molar-refractivity contribution in [2.75, 3.05) is 0 Å². The molecule has 12 aromatic rings. The summed E-state index contributed by atoms with van der Waals surface area (Å²) in [6, 6.07) is 59.8. The Kier molecular flexibility index (Phi) is 4.55. The van der Waals surface area contributed by atoms with Crippen molar-refractivity contribution in [3.05, 3.63) is 158 Å². The first-order chi connectivity index (χ1) is 23.8. The van der Waals surface area contributed by atoms with Crippen LogP contribution in [0.25, 0.3) is 119 Å². The van der Waals surface area contributed by atoms with Gasteiger partial charge in [-0.1, -0.05) is 152 Å². The van der Waals surface area contributed by atoms with Crippen LogP contribution < -0.4 is 0 Å². The molecule has 0 amide bonds. The first kappa shape index (κ1) is 24.9. The standard InChI is InChI=1S/C48H26/c1-4-27-10-12-33-16-21-36(37-22-17-30(7-1)42(27)45(33)37)41-26-35-15-14-29-6-3-9-32-20-25-40(47(35)44(29)32)48(41)39-24-19-34-13-11-28-5-2-8-31-18-23-38(39)46(34)43(28)31/h1-26H. The van der Waals surface area contributed by atoms with E-state index in [0.29, 0.717) is 0 Å². The van der Waals surface area contributed by atoms with Gasteiger partial charge in [-0.3, -0.25) is 0 Å². The molecule has 0 unspecified atom stereocenters. The van der Waals surface area contributed by atoms with E-state index < -0.39 is 0 Å². The Labute approximate surface area is 276 Å². The van der Waals surface area contributed by atoms with Crippen molar-refractivity contribution in [3.8, 4) is 22.3 Å². The highest BCUT2D eigenvalue weighted by atomic mass is 14.2. The maximum absolute atomic E-state index is 2.48. The molecule has 0 aromatic heterocycles. The first-order valence-electron chi connectivity index (χ1n) is 16.8. The third-order valence-corrected chi connectivity index (χ3v) is 11.3. The summed E-state index contributed by atoms with van der Waals surface area (Å²) in [5.74, 6) is 0. The number of benzene rings is 12. The lowest BCUT2D eigenvalue weighted by Crippen LogP contribution is -1.95.